The number of terminal acetylenes is 1. The first-order valence-electron chi connectivity index (χ1n) is 17.9. The lowest BCUT2D eigenvalue weighted by atomic mass is 9.53. The zero-order valence-electron chi connectivity index (χ0n) is 28.3. The summed E-state index contributed by atoms with van der Waals surface area (Å²) in [5, 5.41) is 23.5. The van der Waals surface area contributed by atoms with Gasteiger partial charge >= 0.3 is 0 Å². The maximum atomic E-state index is 13.6. The monoisotopic (exact) mass is 648 g/mol. The van der Waals surface area contributed by atoms with Crippen molar-refractivity contribution in [2.75, 3.05) is 44.2 Å². The smallest absolute Gasteiger partial charge is 0.272 e. The van der Waals surface area contributed by atoms with Crippen LogP contribution >= 0.6 is 0 Å². The van der Waals surface area contributed by atoms with Gasteiger partial charge in [-0.3, -0.25) is 9.59 Å². The summed E-state index contributed by atoms with van der Waals surface area (Å²) < 4.78 is 0. The zero-order chi connectivity index (χ0) is 33.6. The van der Waals surface area contributed by atoms with Gasteiger partial charge in [-0.1, -0.05) is 50.5 Å². The number of phenols is 1. The maximum absolute atomic E-state index is 13.6. The molecule has 2 saturated carbocycles. The highest BCUT2D eigenvalue weighted by molar-refractivity contribution is 5.97. The summed E-state index contributed by atoms with van der Waals surface area (Å²) in [7, 11) is 0. The van der Waals surface area contributed by atoms with Crippen LogP contribution in [-0.2, 0) is 11.2 Å². The SMILES string of the molecule is C#C[C@]1(O)CC[C@H]2[C@@H]3CCc4cc(O)c(N5CCN(C(=O)CN(CCCC)C(=O)c6ccc7ccccc7n6)CC5)cc4[C@H]3CC[C@@]21C. The summed E-state index contributed by atoms with van der Waals surface area (Å²) in [4.78, 5) is 37.4. The number of benzene rings is 2. The normalized spacial score (nSPS) is 27.9. The number of aromatic nitrogens is 1. The number of aliphatic hydroxyl groups is 1. The van der Waals surface area contributed by atoms with E-state index >= 15 is 0 Å². The van der Waals surface area contributed by atoms with E-state index < -0.39 is 5.60 Å². The van der Waals surface area contributed by atoms with E-state index in [4.69, 9.17) is 6.42 Å². The molecular formula is C40H48N4O4. The number of aryl methyl sites for hydroxylation is 1. The molecule has 252 valence electrons. The van der Waals surface area contributed by atoms with Gasteiger partial charge in [0.05, 0.1) is 11.2 Å². The van der Waals surface area contributed by atoms with Crippen molar-refractivity contribution in [1.82, 2.24) is 14.8 Å². The molecule has 3 aliphatic carbocycles. The number of piperazine rings is 1. The zero-order valence-corrected chi connectivity index (χ0v) is 28.3. The van der Waals surface area contributed by atoms with Crippen molar-refractivity contribution in [3.63, 3.8) is 0 Å². The molecule has 8 heteroatoms. The predicted octanol–water partition coefficient (Wildman–Crippen LogP) is 5.75. The lowest BCUT2D eigenvalue weighted by Gasteiger charge is -2.52. The van der Waals surface area contributed by atoms with Gasteiger partial charge < -0.3 is 24.9 Å². The van der Waals surface area contributed by atoms with Gasteiger partial charge in [0.25, 0.3) is 5.91 Å². The molecule has 1 saturated heterocycles. The highest BCUT2D eigenvalue weighted by Gasteiger charge is 2.61. The maximum Gasteiger partial charge on any atom is 0.272 e. The predicted molar refractivity (Wildman–Crippen MR) is 188 cm³/mol. The van der Waals surface area contributed by atoms with Crippen LogP contribution in [0.15, 0.2) is 48.5 Å². The number of amides is 2. The molecule has 2 aromatic carbocycles. The van der Waals surface area contributed by atoms with Gasteiger partial charge in [-0.05, 0) is 98.1 Å². The van der Waals surface area contributed by atoms with E-state index in [2.05, 4.69) is 35.7 Å². The number of unbranched alkanes of at least 4 members (excludes halogenated alkanes) is 1. The number of fused-ring (bicyclic) bond motifs is 6. The Morgan fingerprint density at radius 3 is 2.62 bits per heavy atom. The van der Waals surface area contributed by atoms with Gasteiger partial charge in [-0.2, -0.15) is 0 Å². The second kappa shape index (κ2) is 12.7. The number of nitrogens with zero attached hydrogens (tertiary/aromatic N) is 4. The minimum Gasteiger partial charge on any atom is -0.506 e. The van der Waals surface area contributed by atoms with Crippen molar-refractivity contribution >= 4 is 28.4 Å². The summed E-state index contributed by atoms with van der Waals surface area (Å²) in [5.41, 5.74) is 3.26. The van der Waals surface area contributed by atoms with Gasteiger partial charge in [0, 0.05) is 43.5 Å². The molecular weight excluding hydrogens is 600 g/mol. The molecule has 0 unspecified atom stereocenters. The van der Waals surface area contributed by atoms with Crippen LogP contribution in [0.5, 0.6) is 5.75 Å². The van der Waals surface area contributed by atoms with Gasteiger partial charge in [0.15, 0.2) is 0 Å². The molecule has 1 aliphatic heterocycles. The number of para-hydroxylation sites is 1. The summed E-state index contributed by atoms with van der Waals surface area (Å²) >= 11 is 0. The molecule has 4 aliphatic rings. The number of hydrogen-bond acceptors (Lipinski definition) is 6. The van der Waals surface area contributed by atoms with Crippen molar-refractivity contribution in [1.29, 1.82) is 0 Å². The lowest BCUT2D eigenvalue weighted by molar-refractivity contribution is -0.132. The molecule has 2 heterocycles. The number of carbonyl (C=O) groups is 2. The number of pyridine rings is 1. The number of aromatic hydroxyl groups is 1. The van der Waals surface area contributed by atoms with Gasteiger partial charge in [0.2, 0.25) is 5.91 Å². The Morgan fingerprint density at radius 2 is 1.85 bits per heavy atom. The van der Waals surface area contributed by atoms with Crippen LogP contribution in [0.4, 0.5) is 5.69 Å². The van der Waals surface area contributed by atoms with Crippen LogP contribution in [0.1, 0.15) is 86.3 Å². The van der Waals surface area contributed by atoms with Crippen LogP contribution in [0.25, 0.3) is 10.9 Å². The molecule has 3 aromatic rings. The average Bonchev–Trinajstić information content (AvgIpc) is 3.39. The molecule has 1 aromatic heterocycles. The lowest BCUT2D eigenvalue weighted by Crippen LogP contribution is -2.52. The molecule has 3 fully saturated rings. The summed E-state index contributed by atoms with van der Waals surface area (Å²) in [6.07, 6.45) is 13.1. The number of rotatable bonds is 7. The van der Waals surface area contributed by atoms with E-state index in [1.54, 1.807) is 11.0 Å². The van der Waals surface area contributed by atoms with Crippen LogP contribution < -0.4 is 4.90 Å². The fourth-order valence-electron chi connectivity index (χ4n) is 9.51. The third-order valence-electron chi connectivity index (χ3n) is 12.4. The Hall–Kier alpha value is -4.09. The number of hydrogen-bond donors (Lipinski definition) is 2. The van der Waals surface area contributed by atoms with Gasteiger partial charge in [0.1, 0.15) is 23.6 Å². The standard InChI is InChI=1S/C40H48N4O4/c1-4-6-19-44(38(47)34-14-12-27-9-7-8-10-33(27)41-34)26-37(46)43-22-20-42(21-23-43)35-25-31-28(24-36(35)45)11-13-30-29(31)15-17-39(3)32(30)16-18-40(39,48)5-2/h2,7-10,12,14,24-25,29-30,32,45,48H,4,6,11,13,15-23,26H2,1,3H3/t29-,30+,32-,39-,40-/m0/s1. The van der Waals surface area contributed by atoms with E-state index in [-0.39, 0.29) is 23.8 Å². The van der Waals surface area contributed by atoms with E-state index in [9.17, 15) is 19.8 Å². The number of anilines is 1. The Balaban J connectivity index is 1.02. The molecule has 2 N–H and O–H groups in total. The molecule has 8 nitrogen and oxygen atoms in total. The summed E-state index contributed by atoms with van der Waals surface area (Å²) in [6, 6.07) is 15.6. The van der Waals surface area contributed by atoms with Crippen molar-refractivity contribution in [3.8, 4) is 18.1 Å². The highest BCUT2D eigenvalue weighted by atomic mass is 16.3. The average molecular weight is 649 g/mol. The van der Waals surface area contributed by atoms with Crippen molar-refractivity contribution < 1.29 is 19.8 Å². The van der Waals surface area contributed by atoms with E-state index in [1.807, 2.05) is 41.3 Å². The highest BCUT2D eigenvalue weighted by Crippen LogP contribution is 2.64. The molecule has 5 atom stereocenters. The first-order valence-corrected chi connectivity index (χ1v) is 17.9. The van der Waals surface area contributed by atoms with Crippen molar-refractivity contribution in [2.24, 2.45) is 17.3 Å². The minimum atomic E-state index is -1.02. The molecule has 0 bridgehead atoms. The molecule has 2 amide bonds. The van der Waals surface area contributed by atoms with Crippen LogP contribution in [-0.4, -0.2) is 81.7 Å². The second-order valence-corrected chi connectivity index (χ2v) is 14.8. The van der Waals surface area contributed by atoms with E-state index in [1.165, 1.54) is 11.1 Å². The van der Waals surface area contributed by atoms with Crippen molar-refractivity contribution in [3.05, 3.63) is 65.4 Å². The first-order chi connectivity index (χ1) is 23.2. The van der Waals surface area contributed by atoms with Gasteiger partial charge in [-0.15, -0.1) is 6.42 Å². The number of carbonyl (C=O) groups excluding carboxylic acids is 2. The van der Waals surface area contributed by atoms with Crippen LogP contribution in [0.3, 0.4) is 0 Å². The molecule has 0 radical (unpaired) electrons. The van der Waals surface area contributed by atoms with Gasteiger partial charge in [-0.25, -0.2) is 4.98 Å². The molecule has 0 spiro atoms. The van der Waals surface area contributed by atoms with Crippen LogP contribution in [0.2, 0.25) is 0 Å². The Bertz CT molecular complexity index is 1760. The molecule has 48 heavy (non-hydrogen) atoms. The van der Waals surface area contributed by atoms with Crippen LogP contribution in [0, 0.1) is 29.6 Å². The summed E-state index contributed by atoms with van der Waals surface area (Å²) in [5.74, 6) is 4.07. The second-order valence-electron chi connectivity index (χ2n) is 14.8. The van der Waals surface area contributed by atoms with E-state index in [0.29, 0.717) is 68.3 Å². The third kappa shape index (κ3) is 5.50. The largest absolute Gasteiger partial charge is 0.506 e. The molecule has 7 rings (SSSR count). The Kier molecular flexibility index (Phi) is 8.62. The number of phenolic OH excluding ortho intramolecular Hbond substituents is 1. The fourth-order valence-corrected chi connectivity index (χ4v) is 9.51. The quantitative estimate of drug-likeness (QED) is 0.317. The Labute approximate surface area is 284 Å². The van der Waals surface area contributed by atoms with Crippen molar-refractivity contribution in [2.45, 2.75) is 76.7 Å². The fraction of sp³-hybridized carbons (Fsp3) is 0.525. The van der Waals surface area contributed by atoms with E-state index in [0.717, 1.165) is 61.5 Å². The summed E-state index contributed by atoms with van der Waals surface area (Å²) in [6.45, 7) is 7.07. The first kappa shape index (κ1) is 32.5. The Morgan fingerprint density at radius 1 is 1.06 bits per heavy atom. The third-order valence-corrected chi connectivity index (χ3v) is 12.4. The minimum absolute atomic E-state index is 0.0232. The topological polar surface area (TPSA) is 97.2 Å².